The average Bonchev–Trinajstić information content (AvgIpc) is 3.22. The molecular formula is C16H17F3N6. The minimum atomic E-state index is -4.35. The van der Waals surface area contributed by atoms with Crippen molar-refractivity contribution in [1.82, 2.24) is 29.6 Å². The van der Waals surface area contributed by atoms with Crippen LogP contribution in [0.25, 0.3) is 5.82 Å². The summed E-state index contributed by atoms with van der Waals surface area (Å²) < 4.78 is 43.0. The van der Waals surface area contributed by atoms with Crippen LogP contribution in [0.1, 0.15) is 11.1 Å². The second-order valence-electron chi connectivity index (χ2n) is 5.70. The van der Waals surface area contributed by atoms with Crippen LogP contribution in [0.4, 0.5) is 13.2 Å². The van der Waals surface area contributed by atoms with E-state index in [0.717, 1.165) is 0 Å². The van der Waals surface area contributed by atoms with Gasteiger partial charge in [0.2, 0.25) is 0 Å². The summed E-state index contributed by atoms with van der Waals surface area (Å²) in [6.07, 6.45) is 5.05. The number of halogens is 3. The highest BCUT2D eigenvalue weighted by Crippen LogP contribution is 2.23. The van der Waals surface area contributed by atoms with Gasteiger partial charge in [-0.05, 0) is 23.6 Å². The summed E-state index contributed by atoms with van der Waals surface area (Å²) in [6.45, 7) is 0.0711. The molecular weight excluding hydrogens is 333 g/mol. The number of aryl methyl sites for hydroxylation is 1. The Hall–Kier alpha value is -2.68. The molecule has 0 spiro atoms. The molecule has 3 heterocycles. The molecule has 0 amide bonds. The van der Waals surface area contributed by atoms with Crippen LogP contribution in [-0.4, -0.2) is 36.5 Å². The maximum absolute atomic E-state index is 13.2. The van der Waals surface area contributed by atoms with Gasteiger partial charge in [-0.25, -0.2) is 9.97 Å². The topological polar surface area (TPSA) is 60.6 Å². The van der Waals surface area contributed by atoms with E-state index in [1.54, 1.807) is 54.9 Å². The number of hydrogen-bond acceptors (Lipinski definition) is 4. The molecule has 1 atom stereocenters. The fourth-order valence-corrected chi connectivity index (χ4v) is 2.43. The van der Waals surface area contributed by atoms with Crippen LogP contribution in [0.5, 0.6) is 0 Å². The van der Waals surface area contributed by atoms with Crippen molar-refractivity contribution in [1.29, 1.82) is 0 Å². The van der Waals surface area contributed by atoms with Gasteiger partial charge in [-0.2, -0.15) is 18.3 Å². The number of rotatable bonds is 6. The SMILES string of the molecule is Cn1cc(C[C@H](NCc2ccc(-n3ccnc3)nc2)C(F)(F)F)cn1. The highest BCUT2D eigenvalue weighted by molar-refractivity contribution is 5.25. The molecule has 132 valence electrons. The Morgan fingerprint density at radius 3 is 2.60 bits per heavy atom. The maximum atomic E-state index is 13.2. The van der Waals surface area contributed by atoms with E-state index in [0.29, 0.717) is 16.9 Å². The minimum absolute atomic E-state index is 0.0711. The van der Waals surface area contributed by atoms with Crippen LogP contribution in [0.15, 0.2) is 49.4 Å². The third-order valence-corrected chi connectivity index (χ3v) is 3.72. The summed E-state index contributed by atoms with van der Waals surface area (Å²) in [5.74, 6) is 0.656. The lowest BCUT2D eigenvalue weighted by atomic mass is 10.1. The van der Waals surface area contributed by atoms with Gasteiger partial charge < -0.3 is 5.32 Å². The molecule has 3 aromatic heterocycles. The van der Waals surface area contributed by atoms with Crippen molar-refractivity contribution >= 4 is 0 Å². The molecule has 25 heavy (non-hydrogen) atoms. The third kappa shape index (κ3) is 4.44. The lowest BCUT2D eigenvalue weighted by molar-refractivity contribution is -0.155. The van der Waals surface area contributed by atoms with E-state index in [-0.39, 0.29) is 13.0 Å². The molecule has 0 saturated carbocycles. The molecule has 9 heteroatoms. The van der Waals surface area contributed by atoms with Gasteiger partial charge in [0, 0.05) is 38.4 Å². The number of nitrogens with one attached hydrogen (secondary N) is 1. The summed E-state index contributed by atoms with van der Waals surface area (Å²) >= 11 is 0. The standard InChI is InChI=1S/C16H17F3N6/c1-24-10-13(9-23-24)6-14(16(17,18)19)21-7-12-2-3-15(22-8-12)25-5-4-20-11-25/h2-5,8-11,14,21H,6-7H2,1H3/t14-/m0/s1. The van der Waals surface area contributed by atoms with E-state index in [9.17, 15) is 13.2 Å². The molecule has 0 radical (unpaired) electrons. The van der Waals surface area contributed by atoms with Crippen molar-refractivity contribution in [3.05, 3.63) is 60.6 Å². The fraction of sp³-hybridized carbons (Fsp3) is 0.312. The van der Waals surface area contributed by atoms with E-state index < -0.39 is 12.2 Å². The van der Waals surface area contributed by atoms with Gasteiger partial charge in [-0.15, -0.1) is 0 Å². The molecule has 0 aliphatic rings. The van der Waals surface area contributed by atoms with Gasteiger partial charge in [0.1, 0.15) is 18.2 Å². The maximum Gasteiger partial charge on any atom is 0.404 e. The molecule has 0 saturated heterocycles. The van der Waals surface area contributed by atoms with Crippen molar-refractivity contribution in [3.63, 3.8) is 0 Å². The molecule has 0 bridgehead atoms. The van der Waals surface area contributed by atoms with Gasteiger partial charge in [-0.1, -0.05) is 6.07 Å². The van der Waals surface area contributed by atoms with Crippen LogP contribution >= 0.6 is 0 Å². The van der Waals surface area contributed by atoms with E-state index in [4.69, 9.17) is 0 Å². The highest BCUT2D eigenvalue weighted by Gasteiger charge is 2.39. The summed E-state index contributed by atoms with van der Waals surface area (Å²) in [4.78, 5) is 8.16. The van der Waals surface area contributed by atoms with Gasteiger partial charge in [0.25, 0.3) is 0 Å². The average molecular weight is 350 g/mol. The molecule has 0 fully saturated rings. The lowest BCUT2D eigenvalue weighted by Gasteiger charge is -2.21. The second-order valence-corrected chi connectivity index (χ2v) is 5.70. The zero-order chi connectivity index (χ0) is 17.9. The zero-order valence-electron chi connectivity index (χ0n) is 13.5. The van der Waals surface area contributed by atoms with Gasteiger partial charge in [0.05, 0.1) is 6.20 Å². The van der Waals surface area contributed by atoms with Crippen LogP contribution < -0.4 is 5.32 Å². The first-order valence-electron chi connectivity index (χ1n) is 7.63. The Labute approximate surface area is 142 Å². The van der Waals surface area contributed by atoms with Crippen LogP contribution in [0, 0.1) is 0 Å². The Balaban J connectivity index is 1.64. The summed E-state index contributed by atoms with van der Waals surface area (Å²) in [5.41, 5.74) is 1.20. The monoisotopic (exact) mass is 350 g/mol. The summed E-state index contributed by atoms with van der Waals surface area (Å²) in [7, 11) is 1.67. The van der Waals surface area contributed by atoms with Crippen LogP contribution in [-0.2, 0) is 20.0 Å². The molecule has 0 aliphatic heterocycles. The number of pyridine rings is 1. The second kappa shape index (κ2) is 7.06. The van der Waals surface area contributed by atoms with E-state index in [1.165, 1.54) is 10.9 Å². The smallest absolute Gasteiger partial charge is 0.302 e. The summed E-state index contributed by atoms with van der Waals surface area (Å²) in [6, 6.07) is 1.83. The zero-order valence-corrected chi connectivity index (χ0v) is 13.5. The highest BCUT2D eigenvalue weighted by atomic mass is 19.4. The number of imidazole rings is 1. The Morgan fingerprint density at radius 2 is 2.04 bits per heavy atom. The number of alkyl halides is 3. The molecule has 0 aromatic carbocycles. The number of aromatic nitrogens is 5. The Bertz CT molecular complexity index is 792. The first-order valence-corrected chi connectivity index (χ1v) is 7.63. The summed E-state index contributed by atoms with van der Waals surface area (Å²) in [5, 5.41) is 6.47. The van der Waals surface area contributed by atoms with E-state index in [1.807, 2.05) is 0 Å². The van der Waals surface area contributed by atoms with Crippen molar-refractivity contribution < 1.29 is 13.2 Å². The van der Waals surface area contributed by atoms with Crippen molar-refractivity contribution in [2.24, 2.45) is 7.05 Å². The van der Waals surface area contributed by atoms with Gasteiger partial charge >= 0.3 is 6.18 Å². The quantitative estimate of drug-likeness (QED) is 0.741. The lowest BCUT2D eigenvalue weighted by Crippen LogP contribution is -2.43. The first-order chi connectivity index (χ1) is 11.9. The van der Waals surface area contributed by atoms with Crippen LogP contribution in [0.2, 0.25) is 0 Å². The normalized spacial score (nSPS) is 13.1. The largest absolute Gasteiger partial charge is 0.404 e. The van der Waals surface area contributed by atoms with Crippen molar-refractivity contribution in [2.45, 2.75) is 25.2 Å². The molecule has 3 rings (SSSR count). The Morgan fingerprint density at radius 1 is 1.20 bits per heavy atom. The Kier molecular flexibility index (Phi) is 4.84. The van der Waals surface area contributed by atoms with E-state index >= 15 is 0 Å². The molecule has 3 aromatic rings. The molecule has 0 aliphatic carbocycles. The molecule has 6 nitrogen and oxygen atoms in total. The van der Waals surface area contributed by atoms with Crippen LogP contribution in [0.3, 0.4) is 0 Å². The minimum Gasteiger partial charge on any atom is -0.302 e. The predicted octanol–water partition coefficient (Wildman–Crippen LogP) is 2.26. The predicted molar refractivity (Wildman–Crippen MR) is 85.0 cm³/mol. The third-order valence-electron chi connectivity index (χ3n) is 3.72. The van der Waals surface area contributed by atoms with Crippen molar-refractivity contribution in [2.75, 3.05) is 0 Å². The number of nitrogens with zero attached hydrogens (tertiary/aromatic N) is 5. The first kappa shape index (κ1) is 17.2. The molecule has 1 N–H and O–H groups in total. The van der Waals surface area contributed by atoms with Crippen molar-refractivity contribution in [3.8, 4) is 5.82 Å². The van der Waals surface area contributed by atoms with Gasteiger partial charge in [-0.3, -0.25) is 9.25 Å². The fourth-order valence-electron chi connectivity index (χ4n) is 2.43. The molecule has 0 unspecified atom stereocenters. The van der Waals surface area contributed by atoms with E-state index in [2.05, 4.69) is 20.4 Å². The number of hydrogen-bond donors (Lipinski definition) is 1. The van der Waals surface area contributed by atoms with Gasteiger partial charge in [0.15, 0.2) is 0 Å².